The zero-order valence-electron chi connectivity index (χ0n) is 18.0. The highest BCUT2D eigenvalue weighted by atomic mass is 32.2. The Morgan fingerprint density at radius 3 is 2.52 bits per heavy atom. The number of amides is 1. The second-order valence-electron chi connectivity index (χ2n) is 8.17. The smallest absolute Gasteiger partial charge is 0.407 e. The van der Waals surface area contributed by atoms with Crippen molar-refractivity contribution in [1.82, 2.24) is 5.32 Å². The lowest BCUT2D eigenvalue weighted by Crippen LogP contribution is -2.50. The maximum Gasteiger partial charge on any atom is 0.407 e. The van der Waals surface area contributed by atoms with Crippen LogP contribution in [0.25, 0.3) is 0 Å². The highest BCUT2D eigenvalue weighted by Gasteiger charge is 2.46. The van der Waals surface area contributed by atoms with Gasteiger partial charge in [-0.1, -0.05) is 30.3 Å². The van der Waals surface area contributed by atoms with Crippen molar-refractivity contribution in [3.63, 3.8) is 0 Å². The average Bonchev–Trinajstić information content (AvgIpc) is 2.68. The van der Waals surface area contributed by atoms with Crippen LogP contribution in [0.4, 0.5) is 10.5 Å². The molecule has 0 unspecified atom stereocenters. The second kappa shape index (κ2) is 8.76. The number of fused-ring (bicyclic) bond motifs is 1. The molecule has 2 aromatic carbocycles. The van der Waals surface area contributed by atoms with Gasteiger partial charge in [-0.2, -0.15) is 0 Å². The Morgan fingerprint density at radius 2 is 1.87 bits per heavy atom. The molecule has 9 heteroatoms. The van der Waals surface area contributed by atoms with Gasteiger partial charge in [-0.3, -0.25) is 4.72 Å². The van der Waals surface area contributed by atoms with Gasteiger partial charge in [-0.25, -0.2) is 13.2 Å². The number of hydrogen-bond donors (Lipinski definition) is 3. The van der Waals surface area contributed by atoms with Gasteiger partial charge in [-0.05, 0) is 44.9 Å². The molecule has 0 aliphatic carbocycles. The van der Waals surface area contributed by atoms with Gasteiger partial charge in [0.1, 0.15) is 17.5 Å². The molecular weight excluding hydrogens is 420 g/mol. The van der Waals surface area contributed by atoms with E-state index >= 15 is 0 Å². The second-order valence-corrected chi connectivity index (χ2v) is 9.92. The fourth-order valence-corrected chi connectivity index (χ4v) is 4.10. The third-order valence-electron chi connectivity index (χ3n) is 5.16. The van der Waals surface area contributed by atoms with E-state index in [1.54, 1.807) is 32.9 Å². The summed E-state index contributed by atoms with van der Waals surface area (Å²) < 4.78 is 37.3. The van der Waals surface area contributed by atoms with Crippen LogP contribution in [-0.2, 0) is 21.2 Å². The molecule has 1 heterocycles. The molecule has 0 aromatic heterocycles. The Bertz CT molecular complexity index is 1050. The summed E-state index contributed by atoms with van der Waals surface area (Å²) in [7, 11) is -3.48. The molecule has 0 bridgehead atoms. The number of anilines is 1. The number of sulfonamides is 1. The van der Waals surface area contributed by atoms with Crippen molar-refractivity contribution in [2.45, 2.75) is 45.0 Å². The van der Waals surface area contributed by atoms with Gasteiger partial charge >= 0.3 is 6.09 Å². The van der Waals surface area contributed by atoms with Crippen LogP contribution in [0, 0.1) is 6.92 Å². The minimum Gasteiger partial charge on any atom is -0.484 e. The van der Waals surface area contributed by atoms with Crippen LogP contribution in [0.1, 0.15) is 36.6 Å². The highest BCUT2D eigenvalue weighted by molar-refractivity contribution is 7.92. The van der Waals surface area contributed by atoms with E-state index in [1.165, 1.54) is 0 Å². The Kier molecular flexibility index (Phi) is 6.47. The minimum absolute atomic E-state index is 0.361. The topological polar surface area (TPSA) is 114 Å². The highest BCUT2D eigenvalue weighted by Crippen LogP contribution is 2.45. The summed E-state index contributed by atoms with van der Waals surface area (Å²) in [6.45, 7) is 5.45. The van der Waals surface area contributed by atoms with E-state index < -0.39 is 33.9 Å². The summed E-state index contributed by atoms with van der Waals surface area (Å²) in [5.74, 6) is 0.381. The van der Waals surface area contributed by atoms with E-state index in [2.05, 4.69) is 10.0 Å². The van der Waals surface area contributed by atoms with Crippen LogP contribution < -0.4 is 14.8 Å². The predicted molar refractivity (Wildman–Crippen MR) is 118 cm³/mol. The maximum atomic E-state index is 12.4. The molecule has 31 heavy (non-hydrogen) atoms. The molecule has 1 amide bonds. The molecule has 3 rings (SSSR count). The van der Waals surface area contributed by atoms with E-state index in [0.29, 0.717) is 35.5 Å². The van der Waals surface area contributed by atoms with Crippen LogP contribution >= 0.6 is 0 Å². The lowest BCUT2D eigenvalue weighted by Gasteiger charge is -2.42. The number of aliphatic hydroxyl groups is 1. The Labute approximate surface area is 182 Å². The molecular formula is C22H28N2O6S. The first kappa shape index (κ1) is 22.9. The summed E-state index contributed by atoms with van der Waals surface area (Å²) in [6.07, 6.45) is -1.03. The van der Waals surface area contributed by atoms with Crippen molar-refractivity contribution >= 4 is 21.8 Å². The third-order valence-corrected chi connectivity index (χ3v) is 5.75. The normalized spacial score (nSPS) is 19.6. The lowest BCUT2D eigenvalue weighted by atomic mass is 9.87. The molecule has 3 N–H and O–H groups in total. The number of alkyl carbamates (subject to hydrolysis) is 1. The predicted octanol–water partition coefficient (Wildman–Crippen LogP) is 2.91. The first-order chi connectivity index (χ1) is 14.5. The summed E-state index contributed by atoms with van der Waals surface area (Å²) in [4.78, 5) is 12.4. The molecule has 0 spiro atoms. The van der Waals surface area contributed by atoms with Crippen molar-refractivity contribution < 1.29 is 27.8 Å². The molecule has 2 aromatic rings. The molecule has 0 saturated carbocycles. The van der Waals surface area contributed by atoms with Crippen molar-refractivity contribution in [3.05, 3.63) is 59.2 Å². The van der Waals surface area contributed by atoms with E-state index in [1.807, 2.05) is 30.3 Å². The van der Waals surface area contributed by atoms with Gasteiger partial charge in [0.05, 0.1) is 11.9 Å². The minimum atomic E-state index is -3.48. The number of aliphatic hydroxyl groups excluding tert-OH is 1. The van der Waals surface area contributed by atoms with Gasteiger partial charge in [-0.15, -0.1) is 0 Å². The maximum absolute atomic E-state index is 12.4. The Balaban J connectivity index is 1.78. The number of carbonyl (C=O) groups is 1. The van der Waals surface area contributed by atoms with Gasteiger partial charge in [0.15, 0.2) is 6.10 Å². The summed E-state index contributed by atoms with van der Waals surface area (Å²) in [5.41, 5.74) is 1.40. The molecule has 0 radical (unpaired) electrons. The zero-order valence-corrected chi connectivity index (χ0v) is 18.8. The van der Waals surface area contributed by atoms with Crippen molar-refractivity contribution in [2.75, 3.05) is 17.5 Å². The average molecular weight is 449 g/mol. The van der Waals surface area contributed by atoms with Gasteiger partial charge < -0.3 is 19.9 Å². The number of nitrogens with one attached hydrogen (secondary N) is 2. The molecule has 0 fully saturated rings. The SMILES string of the molecule is Cc1c(NS(C)(=O)=O)ccc2c1OC(C)(C)[C@H](O)[C@H]2OC(=O)NCCc1ccccc1. The fourth-order valence-electron chi connectivity index (χ4n) is 3.48. The van der Waals surface area contributed by atoms with E-state index in [9.17, 15) is 18.3 Å². The van der Waals surface area contributed by atoms with Gasteiger partial charge in [0.25, 0.3) is 0 Å². The Morgan fingerprint density at radius 1 is 1.19 bits per heavy atom. The summed E-state index contributed by atoms with van der Waals surface area (Å²) in [6, 6.07) is 12.9. The van der Waals surface area contributed by atoms with Crippen LogP contribution in [0.5, 0.6) is 5.75 Å². The standard InChI is InChI=1S/C22H28N2O6S/c1-14-17(24-31(4,27)28)11-10-16-18(14)30-22(2,3)20(25)19(16)29-21(26)23-13-12-15-8-6-5-7-9-15/h5-11,19-20,24-25H,12-13H2,1-4H3,(H,23,26)/t19-,20+/m0/s1. The number of benzene rings is 2. The molecule has 168 valence electrons. The monoisotopic (exact) mass is 448 g/mol. The van der Waals surface area contributed by atoms with E-state index in [-0.39, 0.29) is 0 Å². The van der Waals surface area contributed by atoms with Crippen LogP contribution in [-0.4, -0.2) is 44.1 Å². The molecule has 8 nitrogen and oxygen atoms in total. The van der Waals surface area contributed by atoms with Crippen molar-refractivity contribution in [1.29, 1.82) is 0 Å². The summed E-state index contributed by atoms with van der Waals surface area (Å²) in [5, 5.41) is 13.5. The van der Waals surface area contributed by atoms with Crippen molar-refractivity contribution in [3.8, 4) is 5.75 Å². The van der Waals surface area contributed by atoms with E-state index in [4.69, 9.17) is 9.47 Å². The first-order valence-electron chi connectivity index (χ1n) is 9.95. The molecule has 1 aliphatic rings. The largest absolute Gasteiger partial charge is 0.484 e. The van der Waals surface area contributed by atoms with Crippen LogP contribution in [0.2, 0.25) is 0 Å². The van der Waals surface area contributed by atoms with Gasteiger partial charge in [0, 0.05) is 17.7 Å². The number of rotatable bonds is 6. The number of carbonyl (C=O) groups excluding carboxylic acids is 1. The number of ether oxygens (including phenoxy) is 2. The zero-order chi connectivity index (χ0) is 22.8. The molecule has 2 atom stereocenters. The van der Waals surface area contributed by atoms with Crippen molar-refractivity contribution in [2.24, 2.45) is 0 Å². The fraction of sp³-hybridized carbons (Fsp3) is 0.409. The molecule has 0 saturated heterocycles. The lowest BCUT2D eigenvalue weighted by molar-refractivity contribution is -0.114. The third kappa shape index (κ3) is 5.48. The first-order valence-corrected chi connectivity index (χ1v) is 11.8. The molecule has 1 aliphatic heterocycles. The number of hydrogen-bond acceptors (Lipinski definition) is 6. The summed E-state index contributed by atoms with van der Waals surface area (Å²) >= 11 is 0. The Hall–Kier alpha value is -2.78. The van der Waals surface area contributed by atoms with E-state index in [0.717, 1.165) is 11.8 Å². The van der Waals surface area contributed by atoms with Gasteiger partial charge in [0.2, 0.25) is 10.0 Å². The van der Waals surface area contributed by atoms with Crippen LogP contribution in [0.15, 0.2) is 42.5 Å². The van der Waals surface area contributed by atoms with Crippen LogP contribution in [0.3, 0.4) is 0 Å². The quantitative estimate of drug-likeness (QED) is 0.626.